The number of amides is 1. The van der Waals surface area contributed by atoms with Crippen LogP contribution in [0.4, 0.5) is 0 Å². The molecule has 0 bridgehead atoms. The van der Waals surface area contributed by atoms with Crippen LogP contribution in [0.3, 0.4) is 0 Å². The molecule has 0 aromatic rings. The first-order valence-electron chi connectivity index (χ1n) is 5.91. The topological polar surface area (TPSA) is 77.8 Å². The molecule has 1 aliphatic rings. The molecule has 0 radical (unpaired) electrons. The highest BCUT2D eigenvalue weighted by molar-refractivity contribution is 5.80. The van der Waals surface area contributed by atoms with Crippen LogP contribution in [-0.4, -0.2) is 46.2 Å². The molecule has 0 spiro atoms. The monoisotopic (exact) mass is 243 g/mol. The molecule has 1 aliphatic carbocycles. The Morgan fingerprint density at radius 2 is 1.82 bits per heavy atom. The molecule has 2 N–H and O–H groups in total. The third-order valence-electron chi connectivity index (χ3n) is 3.13. The van der Waals surface area contributed by atoms with Crippen LogP contribution in [0.5, 0.6) is 0 Å². The van der Waals surface area contributed by atoms with Crippen molar-refractivity contribution in [1.29, 1.82) is 0 Å². The number of carboxylic acids is 1. The lowest BCUT2D eigenvalue weighted by Crippen LogP contribution is -2.42. The Hall–Kier alpha value is -1.10. The second kappa shape index (κ2) is 5.04. The summed E-state index contributed by atoms with van der Waals surface area (Å²) in [6.07, 6.45) is 1.62. The molecule has 17 heavy (non-hydrogen) atoms. The van der Waals surface area contributed by atoms with Crippen molar-refractivity contribution in [3.8, 4) is 0 Å². The van der Waals surface area contributed by atoms with E-state index < -0.39 is 11.6 Å². The SMILES string of the molecule is CN(CC(C)(C)O)C(=O)C1CCC(C(=O)O)C1. The molecular weight excluding hydrogens is 222 g/mol. The maximum atomic E-state index is 12.0. The van der Waals surface area contributed by atoms with Gasteiger partial charge < -0.3 is 15.1 Å². The lowest BCUT2D eigenvalue weighted by molar-refractivity contribution is -0.142. The maximum absolute atomic E-state index is 12.0. The summed E-state index contributed by atoms with van der Waals surface area (Å²) >= 11 is 0. The molecular formula is C12H21NO4. The molecule has 1 fully saturated rings. The van der Waals surface area contributed by atoms with Crippen LogP contribution in [0, 0.1) is 11.8 Å². The Morgan fingerprint density at radius 1 is 1.29 bits per heavy atom. The molecule has 98 valence electrons. The highest BCUT2D eigenvalue weighted by Gasteiger charge is 2.35. The summed E-state index contributed by atoms with van der Waals surface area (Å²) in [4.78, 5) is 24.3. The largest absolute Gasteiger partial charge is 0.481 e. The number of aliphatic carboxylic acids is 1. The van der Waals surface area contributed by atoms with Crippen LogP contribution in [0.1, 0.15) is 33.1 Å². The number of aliphatic hydroxyl groups is 1. The Bertz CT molecular complexity index is 308. The van der Waals surface area contributed by atoms with Gasteiger partial charge in [-0.25, -0.2) is 0 Å². The Balaban J connectivity index is 2.52. The fraction of sp³-hybridized carbons (Fsp3) is 0.833. The van der Waals surface area contributed by atoms with E-state index in [1.165, 1.54) is 4.90 Å². The summed E-state index contributed by atoms with van der Waals surface area (Å²) in [6, 6.07) is 0. The van der Waals surface area contributed by atoms with E-state index in [0.29, 0.717) is 19.3 Å². The molecule has 0 aromatic heterocycles. The van der Waals surface area contributed by atoms with E-state index in [9.17, 15) is 14.7 Å². The van der Waals surface area contributed by atoms with E-state index in [0.717, 1.165) is 0 Å². The standard InChI is InChI=1S/C12H21NO4/c1-12(2,17)7-13(3)10(14)8-4-5-9(6-8)11(15)16/h8-9,17H,4-7H2,1-3H3,(H,15,16). The van der Waals surface area contributed by atoms with Crippen LogP contribution in [0.25, 0.3) is 0 Å². The number of hydrogen-bond donors (Lipinski definition) is 2. The molecule has 2 unspecified atom stereocenters. The molecule has 2 atom stereocenters. The van der Waals surface area contributed by atoms with Gasteiger partial charge in [0, 0.05) is 19.5 Å². The van der Waals surface area contributed by atoms with E-state index in [4.69, 9.17) is 5.11 Å². The molecule has 1 saturated carbocycles. The number of carboxylic acid groups (broad SMARTS) is 1. The summed E-state index contributed by atoms with van der Waals surface area (Å²) in [5, 5.41) is 18.5. The lowest BCUT2D eigenvalue weighted by Gasteiger charge is -2.27. The van der Waals surface area contributed by atoms with Gasteiger partial charge in [-0.1, -0.05) is 0 Å². The van der Waals surface area contributed by atoms with Crippen LogP contribution in [-0.2, 0) is 9.59 Å². The molecule has 1 rings (SSSR count). The van der Waals surface area contributed by atoms with E-state index in [1.54, 1.807) is 20.9 Å². The summed E-state index contributed by atoms with van der Waals surface area (Å²) in [5.41, 5.74) is -0.921. The molecule has 1 amide bonds. The Kier molecular flexibility index (Phi) is 4.14. The van der Waals surface area contributed by atoms with Gasteiger partial charge in [-0.15, -0.1) is 0 Å². The van der Waals surface area contributed by atoms with Gasteiger partial charge in [-0.05, 0) is 33.1 Å². The first-order valence-corrected chi connectivity index (χ1v) is 5.91. The normalized spacial score (nSPS) is 24.7. The van der Waals surface area contributed by atoms with Gasteiger partial charge in [-0.3, -0.25) is 9.59 Å². The Morgan fingerprint density at radius 3 is 2.24 bits per heavy atom. The minimum Gasteiger partial charge on any atom is -0.481 e. The average Bonchev–Trinajstić information content (AvgIpc) is 2.62. The Labute approximate surface area is 101 Å². The third-order valence-corrected chi connectivity index (χ3v) is 3.13. The predicted octanol–water partition coefficient (Wildman–Crippen LogP) is 0.717. The quantitative estimate of drug-likeness (QED) is 0.762. The van der Waals surface area contributed by atoms with E-state index in [1.807, 2.05) is 0 Å². The molecule has 0 aromatic carbocycles. The van der Waals surface area contributed by atoms with Gasteiger partial charge in [0.05, 0.1) is 11.5 Å². The minimum atomic E-state index is -0.921. The first kappa shape index (κ1) is 14.0. The number of rotatable bonds is 4. The zero-order chi connectivity index (χ0) is 13.2. The summed E-state index contributed by atoms with van der Waals surface area (Å²) in [5.74, 6) is -1.47. The lowest BCUT2D eigenvalue weighted by atomic mass is 10.0. The first-order chi connectivity index (χ1) is 7.70. The number of carbonyl (C=O) groups is 2. The predicted molar refractivity (Wildman–Crippen MR) is 62.4 cm³/mol. The molecule has 0 heterocycles. The number of hydrogen-bond acceptors (Lipinski definition) is 3. The van der Waals surface area contributed by atoms with Crippen molar-refractivity contribution in [3.63, 3.8) is 0 Å². The fourth-order valence-electron chi connectivity index (χ4n) is 2.40. The molecule has 0 saturated heterocycles. The van der Waals surface area contributed by atoms with Crippen LogP contribution < -0.4 is 0 Å². The van der Waals surface area contributed by atoms with Crippen molar-refractivity contribution >= 4 is 11.9 Å². The van der Waals surface area contributed by atoms with Crippen LogP contribution in [0.15, 0.2) is 0 Å². The smallest absolute Gasteiger partial charge is 0.306 e. The number of likely N-dealkylation sites (N-methyl/N-ethyl adjacent to an activating group) is 1. The summed E-state index contributed by atoms with van der Waals surface area (Å²) in [7, 11) is 1.65. The third kappa shape index (κ3) is 4.00. The van der Waals surface area contributed by atoms with Gasteiger partial charge in [-0.2, -0.15) is 0 Å². The molecule has 5 heteroatoms. The number of carbonyl (C=O) groups excluding carboxylic acids is 1. The second-order valence-electron chi connectivity index (χ2n) is 5.55. The van der Waals surface area contributed by atoms with Gasteiger partial charge in [0.15, 0.2) is 0 Å². The molecule has 5 nitrogen and oxygen atoms in total. The van der Waals surface area contributed by atoms with Gasteiger partial charge in [0.25, 0.3) is 0 Å². The highest BCUT2D eigenvalue weighted by atomic mass is 16.4. The van der Waals surface area contributed by atoms with Crippen molar-refractivity contribution in [2.75, 3.05) is 13.6 Å². The van der Waals surface area contributed by atoms with Crippen molar-refractivity contribution in [1.82, 2.24) is 4.90 Å². The average molecular weight is 243 g/mol. The van der Waals surface area contributed by atoms with Crippen LogP contribution >= 0.6 is 0 Å². The second-order valence-corrected chi connectivity index (χ2v) is 5.55. The summed E-state index contributed by atoms with van der Waals surface area (Å²) < 4.78 is 0. The maximum Gasteiger partial charge on any atom is 0.306 e. The summed E-state index contributed by atoms with van der Waals surface area (Å²) in [6.45, 7) is 3.55. The van der Waals surface area contributed by atoms with E-state index >= 15 is 0 Å². The highest BCUT2D eigenvalue weighted by Crippen LogP contribution is 2.32. The van der Waals surface area contributed by atoms with Crippen molar-refractivity contribution in [2.45, 2.75) is 38.7 Å². The van der Waals surface area contributed by atoms with Crippen molar-refractivity contribution < 1.29 is 19.8 Å². The van der Waals surface area contributed by atoms with Crippen molar-refractivity contribution in [2.24, 2.45) is 11.8 Å². The van der Waals surface area contributed by atoms with E-state index in [2.05, 4.69) is 0 Å². The van der Waals surface area contributed by atoms with Crippen LogP contribution in [0.2, 0.25) is 0 Å². The van der Waals surface area contributed by atoms with Crippen molar-refractivity contribution in [3.05, 3.63) is 0 Å². The zero-order valence-electron chi connectivity index (χ0n) is 10.6. The fourth-order valence-corrected chi connectivity index (χ4v) is 2.40. The minimum absolute atomic E-state index is 0.0594. The zero-order valence-corrected chi connectivity index (χ0v) is 10.6. The van der Waals surface area contributed by atoms with E-state index in [-0.39, 0.29) is 24.3 Å². The van der Waals surface area contributed by atoms with Gasteiger partial charge >= 0.3 is 5.97 Å². The number of nitrogens with zero attached hydrogens (tertiary/aromatic N) is 1. The molecule has 0 aliphatic heterocycles. The van der Waals surface area contributed by atoms with Gasteiger partial charge in [0.1, 0.15) is 0 Å². The van der Waals surface area contributed by atoms with Gasteiger partial charge in [0.2, 0.25) is 5.91 Å².